The number of fused-ring (bicyclic) bond motifs is 1. The molecular weight excluding hydrogens is 538 g/mol. The van der Waals surface area contributed by atoms with E-state index in [9.17, 15) is 24.3 Å². The predicted octanol–water partition coefficient (Wildman–Crippen LogP) is 5.47. The number of ether oxygens (including phenoxy) is 1. The lowest BCUT2D eigenvalue weighted by Gasteiger charge is -2.13. The van der Waals surface area contributed by atoms with Gasteiger partial charge in [0.15, 0.2) is 5.13 Å². The molecule has 0 bridgehead atoms. The number of carbonyl (C=O) groups is 4. The van der Waals surface area contributed by atoms with Crippen LogP contribution in [0.25, 0.3) is 10.8 Å². The van der Waals surface area contributed by atoms with Crippen LogP contribution in [0.3, 0.4) is 0 Å². The quantitative estimate of drug-likeness (QED) is 0.171. The Kier molecular flexibility index (Phi) is 8.95. The molecule has 0 radical (unpaired) electrons. The first-order chi connectivity index (χ1) is 18.7. The van der Waals surface area contributed by atoms with Gasteiger partial charge in [0.1, 0.15) is 0 Å². The smallest absolute Gasteiger partial charge is 0.336 e. The van der Waals surface area contributed by atoms with Gasteiger partial charge in [-0.2, -0.15) is 0 Å². The Morgan fingerprint density at radius 1 is 1.03 bits per heavy atom. The minimum absolute atomic E-state index is 0.0411. The molecule has 0 aliphatic heterocycles. The molecule has 4 rings (SSSR count). The standard InChI is InChI=1S/C28H25N3O6S2/c1-3-37-23(32)14-19-15-38-28(30-19)31-25(33)16(2)39-20-10-6-9-18(13-20)29-26(34)21-11-4-7-17-8-5-12-22(24(17)21)27(35)36/h4-13,15-16H,3,14H2,1-2H3,(H,29,34)(H,35,36)(H,30,31,33). The molecule has 1 atom stereocenters. The second kappa shape index (κ2) is 12.5. The summed E-state index contributed by atoms with van der Waals surface area (Å²) in [5.74, 6) is -2.19. The van der Waals surface area contributed by atoms with Crippen LogP contribution in [0, 0.1) is 0 Å². The Morgan fingerprint density at radius 3 is 2.46 bits per heavy atom. The number of amides is 2. The Labute approximate surface area is 232 Å². The highest BCUT2D eigenvalue weighted by molar-refractivity contribution is 8.00. The van der Waals surface area contributed by atoms with Crippen molar-refractivity contribution in [2.24, 2.45) is 0 Å². The number of anilines is 2. The van der Waals surface area contributed by atoms with Crippen molar-refractivity contribution in [3.05, 3.63) is 82.9 Å². The summed E-state index contributed by atoms with van der Waals surface area (Å²) in [6.07, 6.45) is 0.0411. The second-order valence-electron chi connectivity index (χ2n) is 8.37. The molecule has 0 aliphatic rings. The van der Waals surface area contributed by atoms with Gasteiger partial charge in [-0.1, -0.05) is 30.3 Å². The Morgan fingerprint density at radius 2 is 1.74 bits per heavy atom. The summed E-state index contributed by atoms with van der Waals surface area (Å²) in [4.78, 5) is 54.3. The van der Waals surface area contributed by atoms with Crippen LogP contribution in [0.15, 0.2) is 70.9 Å². The fourth-order valence-electron chi connectivity index (χ4n) is 3.82. The summed E-state index contributed by atoms with van der Waals surface area (Å²) < 4.78 is 4.92. The van der Waals surface area contributed by atoms with E-state index in [0.29, 0.717) is 33.9 Å². The molecule has 2 amide bonds. The molecule has 1 heterocycles. The maximum absolute atomic E-state index is 13.1. The van der Waals surface area contributed by atoms with Gasteiger partial charge in [0.2, 0.25) is 5.91 Å². The van der Waals surface area contributed by atoms with Crippen molar-refractivity contribution in [1.82, 2.24) is 4.98 Å². The number of aromatic carboxylic acids is 1. The number of hydrogen-bond acceptors (Lipinski definition) is 8. The van der Waals surface area contributed by atoms with E-state index in [2.05, 4.69) is 15.6 Å². The maximum Gasteiger partial charge on any atom is 0.336 e. The predicted molar refractivity (Wildman–Crippen MR) is 152 cm³/mol. The molecule has 1 unspecified atom stereocenters. The van der Waals surface area contributed by atoms with Crippen LogP contribution < -0.4 is 10.6 Å². The van der Waals surface area contributed by atoms with E-state index in [1.807, 2.05) is 6.07 Å². The zero-order valence-corrected chi connectivity index (χ0v) is 22.7. The lowest BCUT2D eigenvalue weighted by Crippen LogP contribution is -2.22. The second-order valence-corrected chi connectivity index (χ2v) is 10.6. The summed E-state index contributed by atoms with van der Waals surface area (Å²) in [5.41, 5.74) is 1.34. The number of thiazole rings is 1. The van der Waals surface area contributed by atoms with Gasteiger partial charge in [0.25, 0.3) is 5.91 Å². The Balaban J connectivity index is 1.41. The van der Waals surface area contributed by atoms with E-state index >= 15 is 0 Å². The molecule has 0 aliphatic carbocycles. The Bertz CT molecular complexity index is 1550. The molecule has 11 heteroatoms. The van der Waals surface area contributed by atoms with Gasteiger partial charge in [0, 0.05) is 26.9 Å². The molecule has 200 valence electrons. The van der Waals surface area contributed by atoms with E-state index in [1.54, 1.807) is 67.8 Å². The third kappa shape index (κ3) is 7.01. The molecule has 0 fully saturated rings. The lowest BCUT2D eigenvalue weighted by atomic mass is 9.98. The summed E-state index contributed by atoms with van der Waals surface area (Å²) in [7, 11) is 0. The van der Waals surface area contributed by atoms with E-state index < -0.39 is 17.1 Å². The number of rotatable bonds is 10. The molecule has 9 nitrogen and oxygen atoms in total. The lowest BCUT2D eigenvalue weighted by molar-refractivity contribution is -0.142. The average Bonchev–Trinajstić information content (AvgIpc) is 3.34. The van der Waals surface area contributed by atoms with Gasteiger partial charge in [-0.3, -0.25) is 14.4 Å². The van der Waals surface area contributed by atoms with Gasteiger partial charge in [0.05, 0.1) is 29.5 Å². The summed E-state index contributed by atoms with van der Waals surface area (Å²) in [6.45, 7) is 3.78. The van der Waals surface area contributed by atoms with Crippen molar-refractivity contribution in [2.45, 2.75) is 30.4 Å². The highest BCUT2D eigenvalue weighted by Crippen LogP contribution is 2.29. The number of aromatic nitrogens is 1. The van der Waals surface area contributed by atoms with Crippen molar-refractivity contribution in [2.75, 3.05) is 17.2 Å². The van der Waals surface area contributed by atoms with Gasteiger partial charge in [-0.05, 0) is 49.6 Å². The molecule has 0 saturated carbocycles. The van der Waals surface area contributed by atoms with E-state index in [0.717, 1.165) is 4.90 Å². The van der Waals surface area contributed by atoms with Gasteiger partial charge >= 0.3 is 11.9 Å². The minimum Gasteiger partial charge on any atom is -0.478 e. The van der Waals surface area contributed by atoms with Crippen LogP contribution in [0.1, 0.15) is 40.3 Å². The normalized spacial score (nSPS) is 11.5. The number of carbonyl (C=O) groups excluding carboxylic acids is 3. The van der Waals surface area contributed by atoms with Crippen molar-refractivity contribution < 1.29 is 29.0 Å². The molecule has 0 spiro atoms. The number of carboxylic acid groups (broad SMARTS) is 1. The van der Waals surface area contributed by atoms with Crippen molar-refractivity contribution in [3.63, 3.8) is 0 Å². The molecule has 4 aromatic rings. The summed E-state index contributed by atoms with van der Waals surface area (Å²) >= 11 is 2.53. The third-order valence-electron chi connectivity index (χ3n) is 5.57. The molecule has 3 N–H and O–H groups in total. The topological polar surface area (TPSA) is 135 Å². The number of carboxylic acids is 1. The highest BCUT2D eigenvalue weighted by atomic mass is 32.2. The first-order valence-electron chi connectivity index (χ1n) is 12.0. The van der Waals surface area contributed by atoms with Crippen molar-refractivity contribution in [1.29, 1.82) is 0 Å². The number of thioether (sulfide) groups is 1. The molecular formula is C28H25N3O6S2. The van der Waals surface area contributed by atoms with Gasteiger partial charge in [-0.15, -0.1) is 23.1 Å². The number of hydrogen-bond donors (Lipinski definition) is 3. The monoisotopic (exact) mass is 563 g/mol. The summed E-state index contributed by atoms with van der Waals surface area (Å²) in [5, 5.41) is 17.8. The van der Waals surface area contributed by atoms with Gasteiger partial charge < -0.3 is 20.5 Å². The number of nitrogens with zero attached hydrogens (tertiary/aromatic N) is 1. The number of esters is 1. The fourth-order valence-corrected chi connectivity index (χ4v) is 5.46. The average molecular weight is 564 g/mol. The van der Waals surface area contributed by atoms with Crippen LogP contribution in [-0.2, 0) is 20.7 Å². The molecule has 3 aromatic carbocycles. The van der Waals surface area contributed by atoms with E-state index in [-0.39, 0.29) is 29.4 Å². The van der Waals surface area contributed by atoms with E-state index in [4.69, 9.17) is 4.74 Å². The SMILES string of the molecule is CCOC(=O)Cc1csc(NC(=O)C(C)Sc2cccc(NC(=O)c3cccc4cccc(C(=O)O)c34)c2)n1. The maximum atomic E-state index is 13.1. The van der Waals surface area contributed by atoms with Crippen LogP contribution in [0.4, 0.5) is 10.8 Å². The van der Waals surface area contributed by atoms with Gasteiger partial charge in [-0.25, -0.2) is 9.78 Å². The van der Waals surface area contributed by atoms with Crippen molar-refractivity contribution in [3.8, 4) is 0 Å². The highest BCUT2D eigenvalue weighted by Gasteiger charge is 2.19. The zero-order chi connectivity index (χ0) is 27.9. The van der Waals surface area contributed by atoms with Crippen LogP contribution >= 0.6 is 23.1 Å². The fraction of sp³-hybridized carbons (Fsp3) is 0.179. The van der Waals surface area contributed by atoms with E-state index in [1.165, 1.54) is 29.2 Å². The third-order valence-corrected chi connectivity index (χ3v) is 7.47. The molecule has 0 saturated heterocycles. The summed E-state index contributed by atoms with van der Waals surface area (Å²) in [6, 6.07) is 17.0. The Hall–Kier alpha value is -4.22. The van der Waals surface area contributed by atoms with Crippen LogP contribution in [0.2, 0.25) is 0 Å². The van der Waals surface area contributed by atoms with Crippen molar-refractivity contribution >= 4 is 68.4 Å². The number of benzene rings is 3. The largest absolute Gasteiger partial charge is 0.478 e. The van der Waals surface area contributed by atoms with Crippen LogP contribution in [0.5, 0.6) is 0 Å². The molecule has 1 aromatic heterocycles. The number of nitrogens with one attached hydrogen (secondary N) is 2. The zero-order valence-electron chi connectivity index (χ0n) is 21.1. The minimum atomic E-state index is -1.11. The van der Waals surface area contributed by atoms with Crippen LogP contribution in [-0.4, -0.2) is 45.7 Å². The first-order valence-corrected chi connectivity index (χ1v) is 13.7. The molecule has 39 heavy (non-hydrogen) atoms. The first kappa shape index (κ1) is 27.8.